The number of benzene rings is 2. The monoisotopic (exact) mass is 329 g/mol. The van der Waals surface area contributed by atoms with Crippen molar-refractivity contribution in [2.75, 3.05) is 0 Å². The molecule has 3 nitrogen and oxygen atoms in total. The Morgan fingerprint density at radius 1 is 1.04 bits per heavy atom. The van der Waals surface area contributed by atoms with Crippen molar-refractivity contribution in [3.8, 4) is 11.5 Å². The van der Waals surface area contributed by atoms with Gasteiger partial charge in [-0.2, -0.15) is 0 Å². The van der Waals surface area contributed by atoms with Crippen LogP contribution in [0.15, 0.2) is 59.2 Å². The van der Waals surface area contributed by atoms with E-state index in [9.17, 15) is 8.60 Å². The smallest absolute Gasteiger partial charge is 0.226 e. The molecule has 1 aromatic heterocycles. The van der Waals surface area contributed by atoms with Gasteiger partial charge in [-0.1, -0.05) is 29.8 Å². The molecule has 3 aromatic rings. The van der Waals surface area contributed by atoms with Gasteiger partial charge in [-0.15, -0.1) is 0 Å². The molecule has 0 bridgehead atoms. The van der Waals surface area contributed by atoms with E-state index in [1.54, 1.807) is 12.1 Å². The second kappa shape index (κ2) is 6.87. The normalized spacial score (nSPS) is 12.3. The molecule has 0 N–H and O–H groups in total. The van der Waals surface area contributed by atoms with Gasteiger partial charge in [0.05, 0.1) is 11.4 Å². The van der Waals surface area contributed by atoms with E-state index in [1.807, 2.05) is 31.2 Å². The number of rotatable bonds is 5. The summed E-state index contributed by atoms with van der Waals surface area (Å²) in [4.78, 5) is 4.32. The van der Waals surface area contributed by atoms with Crippen LogP contribution in [0.25, 0.3) is 11.5 Å². The van der Waals surface area contributed by atoms with Crippen molar-refractivity contribution in [2.45, 2.75) is 18.4 Å². The second-order valence-electron chi connectivity index (χ2n) is 5.36. The molecule has 5 heteroatoms. The van der Waals surface area contributed by atoms with Gasteiger partial charge in [0, 0.05) is 22.1 Å². The molecule has 0 spiro atoms. The number of oxazole rings is 1. The molecule has 1 atom stereocenters. The summed E-state index contributed by atoms with van der Waals surface area (Å²) in [5.41, 5.74) is 3.55. The highest BCUT2D eigenvalue weighted by Gasteiger charge is 2.10. The molecule has 1 heterocycles. The first-order valence-corrected chi connectivity index (χ1v) is 8.70. The molecule has 0 aliphatic heterocycles. The average Bonchev–Trinajstić information content (AvgIpc) is 2.98. The molecule has 0 fully saturated rings. The Labute approximate surface area is 136 Å². The van der Waals surface area contributed by atoms with E-state index in [4.69, 9.17) is 4.42 Å². The Morgan fingerprint density at radius 3 is 2.43 bits per heavy atom. The SMILES string of the molecule is Cc1ccc(CS(=O)Cc2coc(-c3ccc(F)cc3)n2)cc1. The van der Waals surface area contributed by atoms with Crippen molar-refractivity contribution in [3.05, 3.63) is 77.4 Å². The van der Waals surface area contributed by atoms with Crippen molar-refractivity contribution in [3.63, 3.8) is 0 Å². The van der Waals surface area contributed by atoms with Crippen molar-refractivity contribution in [1.82, 2.24) is 4.98 Å². The van der Waals surface area contributed by atoms with Crippen LogP contribution in [0.5, 0.6) is 0 Å². The predicted molar refractivity (Wildman–Crippen MR) is 88.6 cm³/mol. The van der Waals surface area contributed by atoms with Crippen LogP contribution in [0.2, 0.25) is 0 Å². The van der Waals surface area contributed by atoms with Crippen LogP contribution >= 0.6 is 0 Å². The van der Waals surface area contributed by atoms with Gasteiger partial charge in [-0.25, -0.2) is 9.37 Å². The average molecular weight is 329 g/mol. The third-order valence-corrected chi connectivity index (χ3v) is 4.67. The minimum atomic E-state index is -1.06. The second-order valence-corrected chi connectivity index (χ2v) is 6.82. The van der Waals surface area contributed by atoms with Gasteiger partial charge in [-0.05, 0) is 36.8 Å². The number of nitrogens with zero attached hydrogens (tertiary/aromatic N) is 1. The molecule has 0 aliphatic rings. The van der Waals surface area contributed by atoms with Gasteiger partial charge < -0.3 is 4.42 Å². The number of aromatic nitrogens is 1. The maximum absolute atomic E-state index is 12.9. The topological polar surface area (TPSA) is 43.1 Å². The van der Waals surface area contributed by atoms with E-state index >= 15 is 0 Å². The summed E-state index contributed by atoms with van der Waals surface area (Å²) in [6.07, 6.45) is 1.51. The highest BCUT2D eigenvalue weighted by Crippen LogP contribution is 2.20. The maximum atomic E-state index is 12.9. The summed E-state index contributed by atoms with van der Waals surface area (Å²) in [6, 6.07) is 13.9. The molecule has 0 radical (unpaired) electrons. The molecule has 0 aliphatic carbocycles. The van der Waals surface area contributed by atoms with Crippen LogP contribution in [0, 0.1) is 12.7 Å². The highest BCUT2D eigenvalue weighted by atomic mass is 32.2. The molecule has 0 saturated heterocycles. The summed E-state index contributed by atoms with van der Waals surface area (Å²) in [6.45, 7) is 2.02. The lowest BCUT2D eigenvalue weighted by Crippen LogP contribution is -2.00. The molecular weight excluding hydrogens is 313 g/mol. The van der Waals surface area contributed by atoms with Gasteiger partial charge in [-0.3, -0.25) is 4.21 Å². The summed E-state index contributed by atoms with van der Waals surface area (Å²) < 4.78 is 30.5. The van der Waals surface area contributed by atoms with Gasteiger partial charge in [0.25, 0.3) is 0 Å². The van der Waals surface area contributed by atoms with Crippen LogP contribution in [-0.4, -0.2) is 9.19 Å². The molecule has 0 amide bonds. The van der Waals surface area contributed by atoms with Crippen LogP contribution in [0.3, 0.4) is 0 Å². The lowest BCUT2D eigenvalue weighted by atomic mass is 10.2. The number of hydrogen-bond donors (Lipinski definition) is 0. The summed E-state index contributed by atoms with van der Waals surface area (Å²) in [5, 5.41) is 0. The zero-order valence-electron chi connectivity index (χ0n) is 12.7. The first-order chi connectivity index (χ1) is 11.1. The minimum absolute atomic E-state index is 0.306. The molecule has 2 aromatic carbocycles. The van der Waals surface area contributed by atoms with E-state index < -0.39 is 10.8 Å². The fourth-order valence-corrected chi connectivity index (χ4v) is 3.31. The summed E-state index contributed by atoms with van der Waals surface area (Å²) in [7, 11) is -1.06. The van der Waals surface area contributed by atoms with Crippen LogP contribution in [-0.2, 0) is 22.3 Å². The molecule has 0 saturated carbocycles. The van der Waals surface area contributed by atoms with E-state index in [2.05, 4.69) is 4.98 Å². The molecule has 3 rings (SSSR count). The van der Waals surface area contributed by atoms with Crippen molar-refractivity contribution >= 4 is 10.8 Å². The number of hydrogen-bond acceptors (Lipinski definition) is 3. The maximum Gasteiger partial charge on any atom is 0.226 e. The van der Waals surface area contributed by atoms with Crippen molar-refractivity contribution in [1.29, 1.82) is 0 Å². The van der Waals surface area contributed by atoms with E-state index in [-0.39, 0.29) is 5.82 Å². The summed E-state index contributed by atoms with van der Waals surface area (Å²) in [5.74, 6) is 0.921. The van der Waals surface area contributed by atoms with E-state index in [0.717, 1.165) is 5.56 Å². The lowest BCUT2D eigenvalue weighted by Gasteiger charge is -2.01. The molecular formula is C18H16FNO2S. The quantitative estimate of drug-likeness (QED) is 0.703. The first-order valence-electron chi connectivity index (χ1n) is 7.21. The fourth-order valence-electron chi connectivity index (χ4n) is 2.18. The Bertz CT molecular complexity index is 810. The zero-order chi connectivity index (χ0) is 16.2. The van der Waals surface area contributed by atoms with Crippen LogP contribution in [0.1, 0.15) is 16.8 Å². The molecule has 23 heavy (non-hydrogen) atoms. The number of aryl methyl sites for hydroxylation is 1. The zero-order valence-corrected chi connectivity index (χ0v) is 13.5. The van der Waals surface area contributed by atoms with Gasteiger partial charge in [0.2, 0.25) is 5.89 Å². The molecule has 1 unspecified atom stereocenters. The Hall–Kier alpha value is -2.27. The summed E-state index contributed by atoms with van der Waals surface area (Å²) >= 11 is 0. The fraction of sp³-hybridized carbons (Fsp3) is 0.167. The molecule has 118 valence electrons. The van der Waals surface area contributed by atoms with Gasteiger partial charge in [0.1, 0.15) is 12.1 Å². The minimum Gasteiger partial charge on any atom is -0.444 e. The van der Waals surface area contributed by atoms with Crippen LogP contribution < -0.4 is 0 Å². The Kier molecular flexibility index (Phi) is 4.67. The first kappa shape index (κ1) is 15.6. The standard InChI is InChI=1S/C18H16FNO2S/c1-13-2-4-14(5-3-13)11-23(21)12-17-10-22-18(20-17)15-6-8-16(19)9-7-15/h2-10H,11-12H2,1H3. The third-order valence-electron chi connectivity index (χ3n) is 3.40. The third kappa shape index (κ3) is 4.13. The lowest BCUT2D eigenvalue weighted by molar-refractivity contribution is 0.572. The van der Waals surface area contributed by atoms with Crippen molar-refractivity contribution in [2.24, 2.45) is 0 Å². The Balaban J connectivity index is 1.65. The van der Waals surface area contributed by atoms with Gasteiger partial charge >= 0.3 is 0 Å². The van der Waals surface area contributed by atoms with Gasteiger partial charge in [0.15, 0.2) is 0 Å². The number of halogens is 1. The predicted octanol–water partition coefficient (Wildman–Crippen LogP) is 4.24. The largest absolute Gasteiger partial charge is 0.444 e. The Morgan fingerprint density at radius 2 is 1.74 bits per heavy atom. The van der Waals surface area contributed by atoms with E-state index in [0.29, 0.717) is 28.7 Å². The van der Waals surface area contributed by atoms with Crippen LogP contribution in [0.4, 0.5) is 4.39 Å². The van der Waals surface area contributed by atoms with E-state index in [1.165, 1.54) is 24.0 Å². The highest BCUT2D eigenvalue weighted by molar-refractivity contribution is 7.83. The van der Waals surface area contributed by atoms with Crippen molar-refractivity contribution < 1.29 is 13.0 Å².